The Hall–Kier alpha value is -0.580. The predicted octanol–water partition coefficient (Wildman–Crippen LogP) is 2.70. The Balaban J connectivity index is 1.92. The molecule has 3 nitrogen and oxygen atoms in total. The number of carbonyl (C=O) groups is 1. The molecule has 1 fully saturated rings. The van der Waals surface area contributed by atoms with Crippen molar-refractivity contribution in [2.24, 2.45) is 5.92 Å². The van der Waals surface area contributed by atoms with E-state index in [0.29, 0.717) is 6.54 Å². The van der Waals surface area contributed by atoms with Crippen LogP contribution in [-0.4, -0.2) is 29.1 Å². The van der Waals surface area contributed by atoms with E-state index in [1.165, 1.54) is 4.88 Å². The highest BCUT2D eigenvalue weighted by molar-refractivity contribution is 7.16. The summed E-state index contributed by atoms with van der Waals surface area (Å²) in [6.45, 7) is 2.46. The second-order valence-corrected chi connectivity index (χ2v) is 5.92. The summed E-state index contributed by atoms with van der Waals surface area (Å²) in [6, 6.07) is 3.90. The second-order valence-electron chi connectivity index (χ2n) is 4.12. The number of nitrogens with zero attached hydrogens (tertiary/aromatic N) is 1. The van der Waals surface area contributed by atoms with E-state index >= 15 is 0 Å². The minimum atomic E-state index is -0.672. The molecule has 0 aromatic carbocycles. The zero-order valence-electron chi connectivity index (χ0n) is 8.86. The molecule has 0 aliphatic carbocycles. The summed E-state index contributed by atoms with van der Waals surface area (Å²) >= 11 is 7.43. The van der Waals surface area contributed by atoms with Gasteiger partial charge >= 0.3 is 5.97 Å². The van der Waals surface area contributed by atoms with Gasteiger partial charge in [0.15, 0.2) is 0 Å². The van der Waals surface area contributed by atoms with E-state index < -0.39 is 5.97 Å². The molecule has 1 aliphatic rings. The highest BCUT2D eigenvalue weighted by Gasteiger charge is 2.25. The van der Waals surface area contributed by atoms with Crippen LogP contribution in [0.2, 0.25) is 4.34 Å². The van der Waals surface area contributed by atoms with E-state index in [1.54, 1.807) is 11.3 Å². The van der Waals surface area contributed by atoms with E-state index in [-0.39, 0.29) is 5.92 Å². The molecule has 0 amide bonds. The molecular weight excluding hydrogens is 246 g/mol. The third-order valence-corrected chi connectivity index (χ3v) is 4.08. The summed E-state index contributed by atoms with van der Waals surface area (Å²) in [5, 5.41) is 8.98. The maximum atomic E-state index is 10.9. The molecule has 1 saturated heterocycles. The first kappa shape index (κ1) is 11.9. The average molecular weight is 260 g/mol. The van der Waals surface area contributed by atoms with Gasteiger partial charge in [-0.1, -0.05) is 11.6 Å². The smallest absolute Gasteiger partial charge is 0.307 e. The predicted molar refractivity (Wildman–Crippen MR) is 65.0 cm³/mol. The maximum absolute atomic E-state index is 10.9. The Bertz CT molecular complexity index is 380. The Labute approximate surface area is 104 Å². The molecule has 88 valence electrons. The highest BCUT2D eigenvalue weighted by Crippen LogP contribution is 2.25. The number of aliphatic carboxylic acids is 1. The molecule has 1 aromatic heterocycles. The molecule has 2 heterocycles. The fourth-order valence-electron chi connectivity index (χ4n) is 2.06. The van der Waals surface area contributed by atoms with Gasteiger partial charge in [-0.05, 0) is 31.5 Å². The summed E-state index contributed by atoms with van der Waals surface area (Å²) in [7, 11) is 0. The van der Waals surface area contributed by atoms with E-state index in [2.05, 4.69) is 4.90 Å². The molecule has 1 N–H and O–H groups in total. The van der Waals surface area contributed by atoms with Crippen LogP contribution in [0.4, 0.5) is 0 Å². The summed E-state index contributed by atoms with van der Waals surface area (Å²) in [5.74, 6) is -0.877. The monoisotopic (exact) mass is 259 g/mol. The van der Waals surface area contributed by atoms with Crippen LogP contribution in [0, 0.1) is 5.92 Å². The first-order chi connectivity index (χ1) is 7.65. The van der Waals surface area contributed by atoms with Crippen molar-refractivity contribution in [1.82, 2.24) is 4.90 Å². The second kappa shape index (κ2) is 5.17. The van der Waals surface area contributed by atoms with Gasteiger partial charge in [0, 0.05) is 18.0 Å². The minimum absolute atomic E-state index is 0.204. The van der Waals surface area contributed by atoms with Gasteiger partial charge in [0.2, 0.25) is 0 Å². The fourth-order valence-corrected chi connectivity index (χ4v) is 3.19. The van der Waals surface area contributed by atoms with Gasteiger partial charge in [-0.2, -0.15) is 0 Å². The van der Waals surface area contributed by atoms with Crippen molar-refractivity contribution in [3.05, 3.63) is 21.3 Å². The Morgan fingerprint density at radius 3 is 3.06 bits per heavy atom. The van der Waals surface area contributed by atoms with Crippen molar-refractivity contribution >= 4 is 28.9 Å². The normalized spacial score (nSPS) is 22.2. The SMILES string of the molecule is O=C(O)C1CCCN(Cc2ccc(Cl)s2)C1. The van der Waals surface area contributed by atoms with Crippen LogP contribution in [0.1, 0.15) is 17.7 Å². The number of halogens is 1. The molecule has 0 spiro atoms. The molecule has 1 aromatic rings. The van der Waals surface area contributed by atoms with Gasteiger partial charge in [-0.15, -0.1) is 11.3 Å². The molecule has 5 heteroatoms. The number of likely N-dealkylation sites (tertiary alicyclic amines) is 1. The quantitative estimate of drug-likeness (QED) is 0.907. The van der Waals surface area contributed by atoms with Gasteiger partial charge in [-0.25, -0.2) is 0 Å². The van der Waals surface area contributed by atoms with Crippen LogP contribution in [0.5, 0.6) is 0 Å². The lowest BCUT2D eigenvalue weighted by Crippen LogP contribution is -2.37. The molecule has 16 heavy (non-hydrogen) atoms. The van der Waals surface area contributed by atoms with Gasteiger partial charge < -0.3 is 5.11 Å². The number of carboxylic acid groups (broad SMARTS) is 1. The molecule has 2 rings (SSSR count). The molecule has 1 atom stereocenters. The number of rotatable bonds is 3. The van der Waals surface area contributed by atoms with Gasteiger partial charge in [0.05, 0.1) is 10.3 Å². The van der Waals surface area contributed by atoms with Crippen molar-refractivity contribution in [3.8, 4) is 0 Å². The Kier molecular flexibility index (Phi) is 3.84. The zero-order valence-corrected chi connectivity index (χ0v) is 10.4. The standard InChI is InChI=1S/C11H14ClNO2S/c12-10-4-3-9(16-10)7-13-5-1-2-8(6-13)11(14)15/h3-4,8H,1-2,5-7H2,(H,14,15). The average Bonchev–Trinajstić information content (AvgIpc) is 2.64. The lowest BCUT2D eigenvalue weighted by molar-refractivity contribution is -0.143. The zero-order chi connectivity index (χ0) is 11.5. The molecule has 1 aliphatic heterocycles. The van der Waals surface area contributed by atoms with E-state index in [4.69, 9.17) is 16.7 Å². The molecule has 0 bridgehead atoms. The van der Waals surface area contributed by atoms with Crippen LogP contribution in [0.15, 0.2) is 12.1 Å². The van der Waals surface area contributed by atoms with E-state index in [9.17, 15) is 4.79 Å². The third-order valence-electron chi connectivity index (χ3n) is 2.86. The first-order valence-electron chi connectivity index (χ1n) is 5.34. The molecule has 0 saturated carbocycles. The van der Waals surface area contributed by atoms with Crippen molar-refractivity contribution in [2.75, 3.05) is 13.1 Å². The largest absolute Gasteiger partial charge is 0.481 e. The van der Waals surface area contributed by atoms with Crippen molar-refractivity contribution in [2.45, 2.75) is 19.4 Å². The van der Waals surface area contributed by atoms with Gasteiger partial charge in [0.1, 0.15) is 0 Å². The van der Waals surface area contributed by atoms with Crippen molar-refractivity contribution in [1.29, 1.82) is 0 Å². The van der Waals surface area contributed by atoms with Crippen LogP contribution >= 0.6 is 22.9 Å². The number of piperidine rings is 1. The number of carboxylic acids is 1. The molecular formula is C11H14ClNO2S. The number of thiophene rings is 1. The lowest BCUT2D eigenvalue weighted by Gasteiger charge is -2.30. The first-order valence-corrected chi connectivity index (χ1v) is 6.54. The van der Waals surface area contributed by atoms with Crippen LogP contribution in [0.3, 0.4) is 0 Å². The summed E-state index contributed by atoms with van der Waals surface area (Å²) < 4.78 is 0.793. The van der Waals surface area contributed by atoms with Crippen molar-refractivity contribution < 1.29 is 9.90 Å². The Morgan fingerprint density at radius 1 is 1.62 bits per heavy atom. The lowest BCUT2D eigenvalue weighted by atomic mass is 9.98. The van der Waals surface area contributed by atoms with E-state index in [1.807, 2.05) is 12.1 Å². The van der Waals surface area contributed by atoms with E-state index in [0.717, 1.165) is 30.3 Å². The molecule has 0 radical (unpaired) electrons. The minimum Gasteiger partial charge on any atom is -0.481 e. The van der Waals surface area contributed by atoms with Crippen LogP contribution in [-0.2, 0) is 11.3 Å². The van der Waals surface area contributed by atoms with Gasteiger partial charge in [0.25, 0.3) is 0 Å². The summed E-state index contributed by atoms with van der Waals surface area (Å²) in [4.78, 5) is 14.3. The fraction of sp³-hybridized carbons (Fsp3) is 0.545. The van der Waals surface area contributed by atoms with Gasteiger partial charge in [-0.3, -0.25) is 9.69 Å². The van der Waals surface area contributed by atoms with Crippen molar-refractivity contribution in [3.63, 3.8) is 0 Å². The maximum Gasteiger partial charge on any atom is 0.307 e. The number of hydrogen-bond acceptors (Lipinski definition) is 3. The summed E-state index contributed by atoms with van der Waals surface area (Å²) in [6.07, 6.45) is 1.77. The Morgan fingerprint density at radius 2 is 2.44 bits per heavy atom. The third kappa shape index (κ3) is 2.97. The molecule has 1 unspecified atom stereocenters. The highest BCUT2D eigenvalue weighted by atomic mass is 35.5. The number of hydrogen-bond donors (Lipinski definition) is 1. The summed E-state index contributed by atoms with van der Waals surface area (Å²) in [5.41, 5.74) is 0. The van der Waals surface area contributed by atoms with Crippen LogP contribution in [0.25, 0.3) is 0 Å². The van der Waals surface area contributed by atoms with Crippen LogP contribution < -0.4 is 0 Å². The topological polar surface area (TPSA) is 40.5 Å².